The molecule has 2 heterocycles. The topological polar surface area (TPSA) is 75.2 Å². The molecule has 0 unspecified atom stereocenters. The van der Waals surface area contributed by atoms with Gasteiger partial charge >= 0.3 is 0 Å². The monoisotopic (exact) mass is 384 g/mol. The van der Waals surface area contributed by atoms with Crippen LogP contribution in [0, 0.1) is 12.8 Å². The van der Waals surface area contributed by atoms with Crippen LogP contribution in [-0.2, 0) is 9.59 Å². The number of nitrogens with one attached hydrogen (secondary N) is 1. The van der Waals surface area contributed by atoms with Gasteiger partial charge in [0.15, 0.2) is 0 Å². The zero-order valence-corrected chi connectivity index (χ0v) is 16.3. The molecule has 1 aromatic heterocycles. The van der Waals surface area contributed by atoms with E-state index in [0.29, 0.717) is 18.1 Å². The SMILES string of the molecule is Cc1ccc(N2C[C@@H](c3nnc(NC(=O)C4CCCCC4)s3)CC2=O)cc1. The Kier molecular flexibility index (Phi) is 5.20. The third kappa shape index (κ3) is 4.03. The number of hydrogen-bond donors (Lipinski definition) is 1. The van der Waals surface area contributed by atoms with Crippen molar-refractivity contribution in [1.82, 2.24) is 10.2 Å². The predicted octanol–water partition coefficient (Wildman–Crippen LogP) is 3.89. The van der Waals surface area contributed by atoms with Gasteiger partial charge in [-0.2, -0.15) is 0 Å². The number of amides is 2. The second kappa shape index (κ2) is 7.76. The van der Waals surface area contributed by atoms with Gasteiger partial charge in [0, 0.05) is 30.5 Å². The molecule has 142 valence electrons. The Morgan fingerprint density at radius 3 is 2.63 bits per heavy atom. The lowest BCUT2D eigenvalue weighted by Crippen LogP contribution is -2.24. The maximum Gasteiger partial charge on any atom is 0.229 e. The van der Waals surface area contributed by atoms with Gasteiger partial charge in [0.25, 0.3) is 0 Å². The Hall–Kier alpha value is -2.28. The molecule has 2 aliphatic rings. The molecule has 1 aromatic carbocycles. The first-order valence-electron chi connectivity index (χ1n) is 9.61. The highest BCUT2D eigenvalue weighted by atomic mass is 32.1. The standard InChI is InChI=1S/C20H24N4O2S/c1-13-7-9-16(10-8-13)24-12-15(11-17(24)25)19-22-23-20(27-19)21-18(26)14-5-3-2-4-6-14/h7-10,14-15H,2-6,11-12H2,1H3,(H,21,23,26)/t15-/m0/s1. The summed E-state index contributed by atoms with van der Waals surface area (Å²) in [6, 6.07) is 7.98. The van der Waals surface area contributed by atoms with E-state index in [-0.39, 0.29) is 23.7 Å². The lowest BCUT2D eigenvalue weighted by atomic mass is 9.89. The van der Waals surface area contributed by atoms with Gasteiger partial charge in [0.2, 0.25) is 16.9 Å². The Morgan fingerprint density at radius 1 is 1.15 bits per heavy atom. The van der Waals surface area contributed by atoms with Gasteiger partial charge in [-0.05, 0) is 31.9 Å². The summed E-state index contributed by atoms with van der Waals surface area (Å²) < 4.78 is 0. The van der Waals surface area contributed by atoms with Crippen molar-refractivity contribution < 1.29 is 9.59 Å². The van der Waals surface area contributed by atoms with Crippen molar-refractivity contribution >= 4 is 34.0 Å². The van der Waals surface area contributed by atoms with Gasteiger partial charge in [-0.3, -0.25) is 9.59 Å². The molecule has 1 N–H and O–H groups in total. The molecule has 6 nitrogen and oxygen atoms in total. The lowest BCUT2D eigenvalue weighted by Gasteiger charge is -2.19. The summed E-state index contributed by atoms with van der Waals surface area (Å²) in [7, 11) is 0. The number of rotatable bonds is 4. The Labute approximate surface area is 163 Å². The molecule has 0 bridgehead atoms. The largest absolute Gasteiger partial charge is 0.312 e. The maximum absolute atomic E-state index is 12.4. The second-order valence-corrected chi connectivity index (χ2v) is 8.52. The van der Waals surface area contributed by atoms with Crippen LogP contribution in [0.4, 0.5) is 10.8 Å². The first-order chi connectivity index (χ1) is 13.1. The fraction of sp³-hybridized carbons (Fsp3) is 0.500. The first-order valence-corrected chi connectivity index (χ1v) is 10.4. The minimum Gasteiger partial charge on any atom is -0.312 e. The molecule has 7 heteroatoms. The predicted molar refractivity (Wildman–Crippen MR) is 106 cm³/mol. The van der Waals surface area contributed by atoms with Crippen molar-refractivity contribution in [1.29, 1.82) is 0 Å². The summed E-state index contributed by atoms with van der Waals surface area (Å²) in [5, 5.41) is 12.7. The van der Waals surface area contributed by atoms with Gasteiger partial charge in [0.1, 0.15) is 5.01 Å². The van der Waals surface area contributed by atoms with Gasteiger partial charge in [0.05, 0.1) is 0 Å². The molecule has 2 fully saturated rings. The molecular weight excluding hydrogens is 360 g/mol. The van der Waals surface area contributed by atoms with Crippen molar-refractivity contribution in [2.45, 2.75) is 51.4 Å². The molecule has 1 aliphatic heterocycles. The third-order valence-corrected chi connectivity index (χ3v) is 6.47. The molecular formula is C20H24N4O2S. The normalized spacial score (nSPS) is 20.9. The van der Waals surface area contributed by atoms with E-state index in [4.69, 9.17) is 0 Å². The molecule has 1 saturated heterocycles. The summed E-state index contributed by atoms with van der Waals surface area (Å²) in [5.41, 5.74) is 2.09. The molecule has 27 heavy (non-hydrogen) atoms. The van der Waals surface area contributed by atoms with Crippen LogP contribution in [0.2, 0.25) is 0 Å². The molecule has 2 amide bonds. The summed E-state index contributed by atoms with van der Waals surface area (Å²) in [4.78, 5) is 26.6. The first kappa shape index (κ1) is 18.1. The number of carbonyl (C=O) groups excluding carboxylic acids is 2. The Balaban J connectivity index is 1.40. The fourth-order valence-electron chi connectivity index (χ4n) is 3.87. The van der Waals surface area contributed by atoms with E-state index in [1.54, 1.807) is 0 Å². The van der Waals surface area contributed by atoms with Crippen LogP contribution in [0.5, 0.6) is 0 Å². The highest BCUT2D eigenvalue weighted by Crippen LogP contribution is 2.34. The van der Waals surface area contributed by atoms with E-state index in [9.17, 15) is 9.59 Å². The lowest BCUT2D eigenvalue weighted by molar-refractivity contribution is -0.120. The van der Waals surface area contributed by atoms with Crippen LogP contribution >= 0.6 is 11.3 Å². The smallest absolute Gasteiger partial charge is 0.229 e. The van der Waals surface area contributed by atoms with Gasteiger partial charge in [-0.1, -0.05) is 48.3 Å². The van der Waals surface area contributed by atoms with E-state index in [1.807, 2.05) is 36.1 Å². The van der Waals surface area contributed by atoms with Crippen LogP contribution in [0.1, 0.15) is 55.0 Å². The maximum atomic E-state index is 12.4. The van der Waals surface area contributed by atoms with E-state index >= 15 is 0 Å². The van der Waals surface area contributed by atoms with E-state index in [2.05, 4.69) is 15.5 Å². The minimum absolute atomic E-state index is 0.0247. The highest BCUT2D eigenvalue weighted by Gasteiger charge is 2.34. The Morgan fingerprint density at radius 2 is 1.89 bits per heavy atom. The summed E-state index contributed by atoms with van der Waals surface area (Å²) in [6.45, 7) is 2.63. The number of hydrogen-bond acceptors (Lipinski definition) is 5. The number of benzene rings is 1. The van der Waals surface area contributed by atoms with Crippen molar-refractivity contribution in [3.63, 3.8) is 0 Å². The molecule has 2 aromatic rings. The van der Waals surface area contributed by atoms with Crippen LogP contribution in [0.3, 0.4) is 0 Å². The quantitative estimate of drug-likeness (QED) is 0.868. The van der Waals surface area contributed by atoms with Gasteiger partial charge in [-0.15, -0.1) is 10.2 Å². The van der Waals surface area contributed by atoms with Crippen LogP contribution < -0.4 is 10.2 Å². The molecule has 4 rings (SSSR count). The van der Waals surface area contributed by atoms with Crippen molar-refractivity contribution in [3.8, 4) is 0 Å². The number of aryl methyl sites for hydroxylation is 1. The third-order valence-electron chi connectivity index (χ3n) is 5.47. The number of nitrogens with zero attached hydrogens (tertiary/aromatic N) is 3. The fourth-order valence-corrected chi connectivity index (χ4v) is 4.71. The average Bonchev–Trinajstić information content (AvgIpc) is 3.30. The molecule has 1 saturated carbocycles. The highest BCUT2D eigenvalue weighted by molar-refractivity contribution is 7.15. The number of anilines is 2. The number of aromatic nitrogens is 2. The molecule has 0 radical (unpaired) electrons. The second-order valence-electron chi connectivity index (χ2n) is 7.51. The van der Waals surface area contributed by atoms with Gasteiger partial charge < -0.3 is 10.2 Å². The molecule has 1 aliphatic carbocycles. The van der Waals surface area contributed by atoms with E-state index in [1.165, 1.54) is 23.3 Å². The Bertz CT molecular complexity index is 827. The van der Waals surface area contributed by atoms with Crippen molar-refractivity contribution in [2.75, 3.05) is 16.8 Å². The summed E-state index contributed by atoms with van der Waals surface area (Å²) in [6.07, 6.45) is 5.82. The average molecular weight is 385 g/mol. The number of carbonyl (C=O) groups is 2. The van der Waals surface area contributed by atoms with E-state index < -0.39 is 0 Å². The van der Waals surface area contributed by atoms with Crippen molar-refractivity contribution in [3.05, 3.63) is 34.8 Å². The molecule has 1 atom stereocenters. The zero-order chi connectivity index (χ0) is 18.8. The van der Waals surface area contributed by atoms with Crippen LogP contribution in [0.15, 0.2) is 24.3 Å². The summed E-state index contributed by atoms with van der Waals surface area (Å²) >= 11 is 1.39. The van der Waals surface area contributed by atoms with Crippen LogP contribution in [-0.4, -0.2) is 28.6 Å². The minimum atomic E-state index is 0.0247. The van der Waals surface area contributed by atoms with Crippen molar-refractivity contribution in [2.24, 2.45) is 5.92 Å². The van der Waals surface area contributed by atoms with Gasteiger partial charge in [-0.25, -0.2) is 0 Å². The molecule has 0 spiro atoms. The summed E-state index contributed by atoms with van der Waals surface area (Å²) in [5.74, 6) is 0.279. The zero-order valence-electron chi connectivity index (χ0n) is 15.5. The van der Waals surface area contributed by atoms with E-state index in [0.717, 1.165) is 36.4 Å². The van der Waals surface area contributed by atoms with Crippen LogP contribution in [0.25, 0.3) is 0 Å².